The summed E-state index contributed by atoms with van der Waals surface area (Å²) in [5.74, 6) is -7.96. The van der Waals surface area contributed by atoms with E-state index in [4.69, 9.17) is 9.47 Å². The molecule has 2 heterocycles. The van der Waals surface area contributed by atoms with E-state index in [1.54, 1.807) is 6.07 Å². The fraction of sp³-hybridized carbons (Fsp3) is 0.273. The van der Waals surface area contributed by atoms with Gasteiger partial charge >= 0.3 is 12.3 Å². The largest absolute Gasteiger partial charge is 0.481 e. The highest BCUT2D eigenvalue weighted by Gasteiger charge is 2.48. The van der Waals surface area contributed by atoms with E-state index >= 15 is 0 Å². The summed E-state index contributed by atoms with van der Waals surface area (Å²) in [4.78, 5) is 20.0. The van der Waals surface area contributed by atoms with Gasteiger partial charge in [-0.25, -0.2) is 31.9 Å². The number of halogens is 7. The minimum atomic E-state index is -4.97. The SMILES string of the molecule is COc1ncc(F)cc1Cn1cnc(C(F)(F)C(F)F)c(Oc2cc(C(F)F)cc(C#N)c2C)c1=O. The van der Waals surface area contributed by atoms with Gasteiger partial charge in [-0.1, -0.05) is 0 Å². The third-order valence-corrected chi connectivity index (χ3v) is 4.98. The summed E-state index contributed by atoms with van der Waals surface area (Å²) in [6.45, 7) is 0.655. The molecule has 36 heavy (non-hydrogen) atoms. The maximum Gasteiger partial charge on any atom is 0.352 e. The number of hydrogen-bond donors (Lipinski definition) is 0. The van der Waals surface area contributed by atoms with Gasteiger partial charge in [-0.3, -0.25) is 9.36 Å². The van der Waals surface area contributed by atoms with E-state index in [-0.39, 0.29) is 22.6 Å². The molecule has 190 valence electrons. The normalized spacial score (nSPS) is 11.6. The van der Waals surface area contributed by atoms with Gasteiger partial charge in [0.2, 0.25) is 11.6 Å². The molecule has 0 amide bonds. The van der Waals surface area contributed by atoms with Crippen LogP contribution >= 0.6 is 0 Å². The van der Waals surface area contributed by atoms with Crippen molar-refractivity contribution < 1.29 is 40.2 Å². The van der Waals surface area contributed by atoms with Crippen LogP contribution in [0.5, 0.6) is 17.4 Å². The minimum absolute atomic E-state index is 0.0386. The first kappa shape index (κ1) is 26.5. The van der Waals surface area contributed by atoms with Crippen LogP contribution in [-0.4, -0.2) is 28.1 Å². The molecule has 0 unspecified atom stereocenters. The summed E-state index contributed by atoms with van der Waals surface area (Å²) in [7, 11) is 1.19. The van der Waals surface area contributed by atoms with Crippen molar-refractivity contribution in [2.45, 2.75) is 32.2 Å². The van der Waals surface area contributed by atoms with Gasteiger partial charge < -0.3 is 9.47 Å². The van der Waals surface area contributed by atoms with Crippen molar-refractivity contribution in [1.82, 2.24) is 14.5 Å². The number of benzene rings is 1. The zero-order valence-electron chi connectivity index (χ0n) is 18.4. The second-order valence-corrected chi connectivity index (χ2v) is 7.31. The molecule has 0 spiro atoms. The van der Waals surface area contributed by atoms with Gasteiger partial charge in [-0.2, -0.15) is 14.0 Å². The molecule has 0 saturated heterocycles. The Balaban J connectivity index is 2.23. The molecule has 0 atom stereocenters. The molecule has 2 aromatic heterocycles. The van der Waals surface area contributed by atoms with Crippen molar-refractivity contribution in [3.63, 3.8) is 0 Å². The summed E-state index contributed by atoms with van der Waals surface area (Å²) in [5.41, 5.74) is -4.42. The van der Waals surface area contributed by atoms with Crippen molar-refractivity contribution in [3.8, 4) is 23.4 Å². The van der Waals surface area contributed by atoms with Crippen molar-refractivity contribution >= 4 is 0 Å². The zero-order valence-corrected chi connectivity index (χ0v) is 18.4. The molecule has 0 N–H and O–H groups in total. The molecule has 1 aromatic carbocycles. The first-order valence-electron chi connectivity index (χ1n) is 9.85. The Morgan fingerprint density at radius 1 is 1.17 bits per heavy atom. The van der Waals surface area contributed by atoms with Crippen molar-refractivity contribution in [3.05, 3.63) is 74.8 Å². The van der Waals surface area contributed by atoms with Gasteiger partial charge in [-0.15, -0.1) is 0 Å². The van der Waals surface area contributed by atoms with Crippen molar-refractivity contribution in [2.75, 3.05) is 7.11 Å². The van der Waals surface area contributed by atoms with Crippen LogP contribution in [0.2, 0.25) is 0 Å². The Kier molecular flexibility index (Phi) is 7.51. The van der Waals surface area contributed by atoms with Crippen LogP contribution < -0.4 is 15.0 Å². The summed E-state index contributed by atoms with van der Waals surface area (Å²) >= 11 is 0. The first-order valence-corrected chi connectivity index (χ1v) is 9.85. The van der Waals surface area contributed by atoms with Gasteiger partial charge in [0.05, 0.1) is 37.8 Å². The molecule has 0 fully saturated rings. The van der Waals surface area contributed by atoms with Crippen LogP contribution in [0.15, 0.2) is 35.5 Å². The fourth-order valence-electron chi connectivity index (χ4n) is 3.13. The lowest BCUT2D eigenvalue weighted by Gasteiger charge is -2.20. The maximum atomic E-state index is 14.3. The zero-order chi connectivity index (χ0) is 26.8. The number of methoxy groups -OCH3 is 1. The molecule has 3 rings (SSSR count). The second kappa shape index (κ2) is 10.2. The van der Waals surface area contributed by atoms with E-state index in [1.165, 1.54) is 14.0 Å². The summed E-state index contributed by atoms with van der Waals surface area (Å²) in [5, 5.41) is 9.21. The quantitative estimate of drug-likeness (QED) is 0.387. The van der Waals surface area contributed by atoms with Gasteiger partial charge in [0.15, 0.2) is 5.69 Å². The van der Waals surface area contributed by atoms with Crippen molar-refractivity contribution in [2.24, 2.45) is 0 Å². The minimum Gasteiger partial charge on any atom is -0.481 e. The highest BCUT2D eigenvalue weighted by Crippen LogP contribution is 2.39. The smallest absolute Gasteiger partial charge is 0.352 e. The molecule has 0 aliphatic heterocycles. The average molecular weight is 516 g/mol. The van der Waals surface area contributed by atoms with E-state index in [2.05, 4.69) is 9.97 Å². The second-order valence-electron chi connectivity index (χ2n) is 7.31. The lowest BCUT2D eigenvalue weighted by Crippen LogP contribution is -2.32. The van der Waals surface area contributed by atoms with E-state index in [1.807, 2.05) is 0 Å². The van der Waals surface area contributed by atoms with Crippen LogP contribution in [0.4, 0.5) is 30.7 Å². The lowest BCUT2D eigenvalue weighted by atomic mass is 10.0. The lowest BCUT2D eigenvalue weighted by molar-refractivity contribution is -0.139. The van der Waals surface area contributed by atoms with E-state index in [0.29, 0.717) is 17.0 Å². The molecule has 7 nitrogen and oxygen atoms in total. The summed E-state index contributed by atoms with van der Waals surface area (Å²) < 4.78 is 106. The highest BCUT2D eigenvalue weighted by molar-refractivity contribution is 5.51. The Hall–Kier alpha value is -4.15. The monoisotopic (exact) mass is 516 g/mol. The van der Waals surface area contributed by atoms with E-state index in [9.17, 15) is 40.8 Å². The van der Waals surface area contributed by atoms with Gasteiger partial charge in [-0.05, 0) is 25.1 Å². The number of pyridine rings is 1. The standard InChI is InChI=1S/C22H15F7N4O3/c1-10-12(6-30)3-11(18(24)25)5-15(10)36-16-17(22(28,29)21(26)27)32-9-33(20(16)34)8-13-4-14(23)7-31-19(13)35-2/h3-5,7,9,18,21H,8H2,1-2H3. The van der Waals surface area contributed by atoms with Crippen molar-refractivity contribution in [1.29, 1.82) is 5.26 Å². The predicted molar refractivity (Wildman–Crippen MR) is 109 cm³/mol. The molecule has 0 saturated carbocycles. The van der Waals surface area contributed by atoms with Gasteiger partial charge in [0.1, 0.15) is 11.6 Å². The number of alkyl halides is 6. The fourth-order valence-corrected chi connectivity index (χ4v) is 3.13. The van der Waals surface area contributed by atoms with Crippen LogP contribution in [0.3, 0.4) is 0 Å². The van der Waals surface area contributed by atoms with Gasteiger partial charge in [0, 0.05) is 16.7 Å². The Bertz CT molecular complexity index is 1390. The predicted octanol–water partition coefficient (Wildman–Crippen LogP) is 5.10. The van der Waals surface area contributed by atoms with E-state index in [0.717, 1.165) is 18.3 Å². The Morgan fingerprint density at radius 3 is 2.44 bits per heavy atom. The number of nitrogens with zero attached hydrogens (tertiary/aromatic N) is 4. The number of ether oxygens (including phenoxy) is 2. The average Bonchev–Trinajstić information content (AvgIpc) is 2.82. The molecule has 14 heteroatoms. The van der Waals surface area contributed by atoms with Crippen LogP contribution in [0.25, 0.3) is 0 Å². The molecule has 0 aliphatic rings. The maximum absolute atomic E-state index is 14.3. The Labute approximate surface area is 198 Å². The topological polar surface area (TPSA) is 90.0 Å². The van der Waals surface area contributed by atoms with Crippen LogP contribution in [0, 0.1) is 24.1 Å². The Morgan fingerprint density at radius 2 is 1.86 bits per heavy atom. The highest BCUT2D eigenvalue weighted by atomic mass is 19.3. The number of nitriles is 1. The molecule has 0 radical (unpaired) electrons. The molecule has 3 aromatic rings. The molecular weight excluding hydrogens is 501 g/mol. The third kappa shape index (κ3) is 5.09. The van der Waals surface area contributed by atoms with Crippen LogP contribution in [-0.2, 0) is 12.5 Å². The van der Waals surface area contributed by atoms with Gasteiger partial charge in [0.25, 0.3) is 12.0 Å². The summed E-state index contributed by atoms with van der Waals surface area (Å²) in [6, 6.07) is 4.05. The first-order chi connectivity index (χ1) is 16.9. The number of hydrogen-bond acceptors (Lipinski definition) is 6. The molecule has 0 bridgehead atoms. The molecular formula is C22H15F7N4O3. The number of aromatic nitrogens is 3. The third-order valence-electron chi connectivity index (χ3n) is 4.98. The number of rotatable bonds is 8. The molecule has 0 aliphatic carbocycles. The summed E-state index contributed by atoms with van der Waals surface area (Å²) in [6.07, 6.45) is -6.09. The van der Waals surface area contributed by atoms with E-state index < -0.39 is 59.5 Å². The van der Waals surface area contributed by atoms with Crippen LogP contribution in [0.1, 0.15) is 34.4 Å².